The topological polar surface area (TPSA) is 58.2 Å². The van der Waals surface area contributed by atoms with E-state index in [1.54, 1.807) is 36.4 Å². The predicted octanol–water partition coefficient (Wildman–Crippen LogP) is 3.71. The highest BCUT2D eigenvalue weighted by Crippen LogP contribution is 2.12. The number of carbonyl (C=O) groups is 2. The van der Waals surface area contributed by atoms with Crippen molar-refractivity contribution in [3.8, 4) is 0 Å². The zero-order chi connectivity index (χ0) is 13.7. The molecule has 0 unspecified atom stereocenters. The Bertz CT molecular complexity index is 582. The molecule has 0 bridgehead atoms. The number of benzene rings is 2. The number of rotatable bonds is 3. The number of para-hydroxylation sites is 1. The first-order valence-electron chi connectivity index (χ1n) is 5.58. The molecule has 0 aliphatic carbocycles. The molecule has 5 heteroatoms. The summed E-state index contributed by atoms with van der Waals surface area (Å²) in [5.41, 5.74) is 1.67. The number of hydrogen-bond donors (Lipinski definition) is 2. The lowest BCUT2D eigenvalue weighted by atomic mass is 10.2. The summed E-state index contributed by atoms with van der Waals surface area (Å²) < 4.78 is 0. The largest absolute Gasteiger partial charge is 0.323 e. The number of hydrogen-bond acceptors (Lipinski definition) is 2. The first kappa shape index (κ1) is 13.1. The number of anilines is 2. The molecule has 0 saturated carbocycles. The van der Waals surface area contributed by atoms with Gasteiger partial charge in [-0.15, -0.1) is 0 Å². The van der Waals surface area contributed by atoms with Crippen LogP contribution in [0, 0.1) is 0 Å². The summed E-state index contributed by atoms with van der Waals surface area (Å²) in [7, 11) is 0. The fourth-order valence-electron chi connectivity index (χ4n) is 1.50. The van der Waals surface area contributed by atoms with Crippen molar-refractivity contribution in [1.82, 2.24) is 0 Å². The van der Waals surface area contributed by atoms with Crippen LogP contribution in [0.25, 0.3) is 0 Å². The molecule has 0 radical (unpaired) electrons. The molecular formula is C14H11ClN2O2. The molecule has 0 aliphatic heterocycles. The minimum Gasteiger partial charge on any atom is -0.308 e. The monoisotopic (exact) mass is 274 g/mol. The summed E-state index contributed by atoms with van der Waals surface area (Å²) >= 11 is 5.33. The van der Waals surface area contributed by atoms with E-state index in [0.29, 0.717) is 16.9 Å². The van der Waals surface area contributed by atoms with Crippen LogP contribution in [0.3, 0.4) is 0 Å². The first-order chi connectivity index (χ1) is 9.15. The maximum atomic E-state index is 11.7. The van der Waals surface area contributed by atoms with Gasteiger partial charge < -0.3 is 10.6 Å². The van der Waals surface area contributed by atoms with Gasteiger partial charge in [-0.1, -0.05) is 18.2 Å². The third kappa shape index (κ3) is 3.82. The van der Waals surface area contributed by atoms with E-state index in [-0.39, 0.29) is 6.03 Å². The van der Waals surface area contributed by atoms with Crippen LogP contribution in [0.5, 0.6) is 0 Å². The van der Waals surface area contributed by atoms with Gasteiger partial charge in [0, 0.05) is 16.9 Å². The van der Waals surface area contributed by atoms with Crippen molar-refractivity contribution in [2.75, 3.05) is 10.6 Å². The Morgan fingerprint density at radius 2 is 1.32 bits per heavy atom. The standard InChI is InChI=1S/C14H11ClN2O2/c15-13(18)10-6-8-12(9-7-10)17-14(19)16-11-4-2-1-3-5-11/h1-9H,(H2,16,17,19). The number of nitrogens with one attached hydrogen (secondary N) is 2. The van der Waals surface area contributed by atoms with Gasteiger partial charge in [0.05, 0.1) is 0 Å². The summed E-state index contributed by atoms with van der Waals surface area (Å²) in [5.74, 6) is 0. The van der Waals surface area contributed by atoms with E-state index in [0.717, 1.165) is 0 Å². The minimum absolute atomic E-state index is 0.351. The van der Waals surface area contributed by atoms with Gasteiger partial charge >= 0.3 is 6.03 Å². The van der Waals surface area contributed by atoms with Crippen molar-refractivity contribution in [2.45, 2.75) is 0 Å². The molecule has 0 atom stereocenters. The van der Waals surface area contributed by atoms with Gasteiger partial charge in [-0.25, -0.2) is 4.79 Å². The van der Waals surface area contributed by atoms with Crippen LogP contribution >= 0.6 is 11.6 Å². The summed E-state index contributed by atoms with van der Waals surface area (Å²) in [5, 5.41) is 4.81. The first-order valence-corrected chi connectivity index (χ1v) is 5.96. The van der Waals surface area contributed by atoms with Crippen molar-refractivity contribution in [1.29, 1.82) is 0 Å². The highest BCUT2D eigenvalue weighted by Gasteiger charge is 2.04. The van der Waals surface area contributed by atoms with E-state index in [2.05, 4.69) is 10.6 Å². The predicted molar refractivity (Wildman–Crippen MR) is 75.7 cm³/mol. The van der Waals surface area contributed by atoms with Crippen molar-refractivity contribution >= 4 is 34.2 Å². The number of amides is 2. The van der Waals surface area contributed by atoms with Crippen molar-refractivity contribution in [3.05, 3.63) is 60.2 Å². The number of urea groups is 1. The Kier molecular flexibility index (Phi) is 4.15. The molecule has 2 rings (SSSR count). The van der Waals surface area contributed by atoms with E-state index in [9.17, 15) is 9.59 Å². The normalized spacial score (nSPS) is 9.74. The van der Waals surface area contributed by atoms with Crippen LogP contribution < -0.4 is 10.6 Å². The molecule has 19 heavy (non-hydrogen) atoms. The molecule has 2 aromatic rings. The van der Waals surface area contributed by atoms with Gasteiger partial charge in [0.25, 0.3) is 5.24 Å². The van der Waals surface area contributed by atoms with Crippen LogP contribution in [0.15, 0.2) is 54.6 Å². The molecule has 2 aromatic carbocycles. The van der Waals surface area contributed by atoms with Crippen LogP contribution in [-0.2, 0) is 0 Å². The van der Waals surface area contributed by atoms with Gasteiger partial charge in [-0.05, 0) is 48.0 Å². The molecule has 0 aromatic heterocycles. The van der Waals surface area contributed by atoms with Gasteiger partial charge in [-0.3, -0.25) is 4.79 Å². The van der Waals surface area contributed by atoms with Crippen LogP contribution in [0.4, 0.5) is 16.2 Å². The molecule has 0 aliphatic rings. The van der Waals surface area contributed by atoms with E-state index in [4.69, 9.17) is 11.6 Å². The Morgan fingerprint density at radius 1 is 0.789 bits per heavy atom. The van der Waals surface area contributed by atoms with Crippen LogP contribution in [0.1, 0.15) is 10.4 Å². The molecule has 2 N–H and O–H groups in total. The quantitative estimate of drug-likeness (QED) is 0.838. The van der Waals surface area contributed by atoms with Crippen molar-refractivity contribution in [3.63, 3.8) is 0 Å². The second-order valence-electron chi connectivity index (χ2n) is 3.80. The minimum atomic E-state index is -0.528. The highest BCUT2D eigenvalue weighted by molar-refractivity contribution is 6.67. The van der Waals surface area contributed by atoms with Gasteiger partial charge in [0.15, 0.2) is 0 Å². The Morgan fingerprint density at radius 3 is 1.84 bits per heavy atom. The average molecular weight is 275 g/mol. The van der Waals surface area contributed by atoms with Gasteiger partial charge in [0.1, 0.15) is 0 Å². The van der Waals surface area contributed by atoms with Crippen LogP contribution in [-0.4, -0.2) is 11.3 Å². The summed E-state index contributed by atoms with van der Waals surface area (Å²) in [6.07, 6.45) is 0. The second-order valence-corrected chi connectivity index (χ2v) is 4.14. The van der Waals surface area contributed by atoms with E-state index in [1.807, 2.05) is 18.2 Å². The molecule has 96 valence electrons. The zero-order valence-electron chi connectivity index (χ0n) is 9.89. The zero-order valence-corrected chi connectivity index (χ0v) is 10.6. The molecule has 0 saturated heterocycles. The molecule has 4 nitrogen and oxygen atoms in total. The van der Waals surface area contributed by atoms with Crippen molar-refractivity contribution < 1.29 is 9.59 Å². The Balaban J connectivity index is 1.97. The summed E-state index contributed by atoms with van der Waals surface area (Å²) in [6.45, 7) is 0. The van der Waals surface area contributed by atoms with Crippen molar-refractivity contribution in [2.24, 2.45) is 0 Å². The Labute approximate surface area is 115 Å². The Hall–Kier alpha value is -2.33. The lowest BCUT2D eigenvalue weighted by molar-refractivity contribution is 0.108. The van der Waals surface area contributed by atoms with E-state index < -0.39 is 5.24 Å². The van der Waals surface area contributed by atoms with E-state index in [1.165, 1.54) is 0 Å². The smallest absolute Gasteiger partial charge is 0.308 e. The van der Waals surface area contributed by atoms with Crippen LogP contribution in [0.2, 0.25) is 0 Å². The van der Waals surface area contributed by atoms with E-state index >= 15 is 0 Å². The molecular weight excluding hydrogens is 264 g/mol. The summed E-state index contributed by atoms with van der Waals surface area (Å²) in [4.78, 5) is 22.6. The third-order valence-electron chi connectivity index (χ3n) is 2.40. The summed E-state index contributed by atoms with van der Waals surface area (Å²) in [6, 6.07) is 15.1. The fourth-order valence-corrected chi connectivity index (χ4v) is 1.63. The SMILES string of the molecule is O=C(Nc1ccccc1)Nc1ccc(C(=O)Cl)cc1. The maximum Gasteiger partial charge on any atom is 0.323 e. The number of carbonyl (C=O) groups excluding carboxylic acids is 2. The maximum absolute atomic E-state index is 11.7. The number of halogens is 1. The van der Waals surface area contributed by atoms with Gasteiger partial charge in [0.2, 0.25) is 0 Å². The second kappa shape index (κ2) is 6.02. The van der Waals surface area contributed by atoms with Gasteiger partial charge in [-0.2, -0.15) is 0 Å². The molecule has 0 fully saturated rings. The average Bonchev–Trinajstić information content (AvgIpc) is 2.40. The third-order valence-corrected chi connectivity index (χ3v) is 2.62. The fraction of sp³-hybridized carbons (Fsp3) is 0. The molecule has 0 heterocycles. The highest BCUT2D eigenvalue weighted by atomic mass is 35.5. The molecule has 0 spiro atoms. The lowest BCUT2D eigenvalue weighted by Gasteiger charge is -2.07. The lowest BCUT2D eigenvalue weighted by Crippen LogP contribution is -2.19. The molecule has 2 amide bonds.